The van der Waals surface area contributed by atoms with Crippen molar-refractivity contribution in [3.05, 3.63) is 71.6 Å². The number of amides is 1. The number of rotatable bonds is 8. The molecule has 1 aromatic heterocycles. The average molecular weight is 549 g/mol. The summed E-state index contributed by atoms with van der Waals surface area (Å²) in [5.41, 5.74) is 3.84. The maximum Gasteiger partial charge on any atom is 0.239 e. The summed E-state index contributed by atoms with van der Waals surface area (Å²) >= 11 is 0. The second kappa shape index (κ2) is 12.7. The molecule has 1 heterocycles. The largest absolute Gasteiger partial charge is 0.497 e. The van der Waals surface area contributed by atoms with Gasteiger partial charge < -0.3 is 25.1 Å². The van der Waals surface area contributed by atoms with Gasteiger partial charge in [-0.15, -0.1) is 24.0 Å². The Morgan fingerprint density at radius 2 is 1.75 bits per heavy atom. The van der Waals surface area contributed by atoms with Gasteiger partial charge in [0.15, 0.2) is 5.96 Å². The van der Waals surface area contributed by atoms with Crippen molar-refractivity contribution in [1.29, 1.82) is 0 Å². The van der Waals surface area contributed by atoms with Crippen molar-refractivity contribution in [2.45, 2.75) is 20.0 Å². The molecule has 0 spiro atoms. The van der Waals surface area contributed by atoms with Gasteiger partial charge in [-0.3, -0.25) is 9.79 Å². The lowest BCUT2D eigenvalue weighted by atomic mass is 10.1. The van der Waals surface area contributed by atoms with Gasteiger partial charge in [-0.25, -0.2) is 4.98 Å². The van der Waals surface area contributed by atoms with Crippen LogP contribution < -0.4 is 20.7 Å². The summed E-state index contributed by atoms with van der Waals surface area (Å²) in [5.74, 6) is 1.71. The maximum absolute atomic E-state index is 12.1. The number of methoxy groups -OCH3 is 1. The Balaban J connectivity index is 0.00000363. The van der Waals surface area contributed by atoms with E-state index < -0.39 is 0 Å². The van der Waals surface area contributed by atoms with Crippen LogP contribution >= 0.6 is 24.0 Å². The van der Waals surface area contributed by atoms with Crippen molar-refractivity contribution in [3.63, 3.8) is 0 Å². The molecule has 0 fully saturated rings. The van der Waals surface area contributed by atoms with Crippen molar-refractivity contribution in [2.75, 3.05) is 20.7 Å². The minimum Gasteiger partial charge on any atom is -0.497 e. The highest BCUT2D eigenvalue weighted by Gasteiger charge is 2.08. The molecule has 0 aliphatic carbocycles. The number of hydrogen-bond donors (Lipinski definition) is 3. The van der Waals surface area contributed by atoms with Gasteiger partial charge in [0, 0.05) is 19.2 Å². The van der Waals surface area contributed by atoms with Crippen LogP contribution in [0.3, 0.4) is 0 Å². The average Bonchev–Trinajstić information content (AvgIpc) is 3.27. The van der Waals surface area contributed by atoms with Crippen LogP contribution in [0.5, 0.6) is 5.75 Å². The number of carbonyl (C=O) groups excluding carboxylic acids is 1. The molecular formula is C23H28IN5O3. The summed E-state index contributed by atoms with van der Waals surface area (Å²) in [6, 6.07) is 15.5. The number of hydrogen-bond acceptors (Lipinski definition) is 5. The Bertz CT molecular complexity index is 1020. The lowest BCUT2D eigenvalue weighted by molar-refractivity contribution is -0.120. The van der Waals surface area contributed by atoms with Crippen LogP contribution in [0.25, 0.3) is 11.5 Å². The molecule has 0 radical (unpaired) electrons. The van der Waals surface area contributed by atoms with E-state index in [-0.39, 0.29) is 36.4 Å². The molecule has 9 heteroatoms. The number of ether oxygens (including phenoxy) is 1. The van der Waals surface area contributed by atoms with Crippen molar-refractivity contribution < 1.29 is 13.9 Å². The first-order chi connectivity index (χ1) is 15.1. The van der Waals surface area contributed by atoms with E-state index in [2.05, 4.69) is 25.9 Å². The monoisotopic (exact) mass is 549 g/mol. The van der Waals surface area contributed by atoms with Gasteiger partial charge in [-0.1, -0.05) is 29.8 Å². The second-order valence-electron chi connectivity index (χ2n) is 6.91. The minimum absolute atomic E-state index is 0. The number of nitrogens with one attached hydrogen (secondary N) is 3. The number of nitrogens with zero attached hydrogens (tertiary/aromatic N) is 2. The Kier molecular flexibility index (Phi) is 9.99. The van der Waals surface area contributed by atoms with Crippen LogP contribution in [0.1, 0.15) is 16.8 Å². The number of halogens is 1. The van der Waals surface area contributed by atoms with Gasteiger partial charge in [0.1, 0.15) is 12.0 Å². The van der Waals surface area contributed by atoms with Gasteiger partial charge in [-0.2, -0.15) is 0 Å². The quantitative estimate of drug-likeness (QED) is 0.227. The van der Waals surface area contributed by atoms with Crippen LogP contribution in [0.15, 0.2) is 64.2 Å². The highest BCUT2D eigenvalue weighted by atomic mass is 127. The van der Waals surface area contributed by atoms with Crippen molar-refractivity contribution in [3.8, 4) is 17.2 Å². The first-order valence-corrected chi connectivity index (χ1v) is 9.93. The Hall–Kier alpha value is -3.08. The van der Waals surface area contributed by atoms with Crippen LogP contribution in [-0.4, -0.2) is 37.6 Å². The Morgan fingerprint density at radius 1 is 1.03 bits per heavy atom. The summed E-state index contributed by atoms with van der Waals surface area (Å²) in [5, 5.41) is 8.97. The van der Waals surface area contributed by atoms with Crippen molar-refractivity contribution >= 4 is 35.8 Å². The molecule has 32 heavy (non-hydrogen) atoms. The van der Waals surface area contributed by atoms with Gasteiger partial charge in [0.2, 0.25) is 11.8 Å². The number of aliphatic imine (C=N–C) groups is 1. The number of guanidine groups is 1. The highest BCUT2D eigenvalue weighted by molar-refractivity contribution is 14.0. The number of carbonyl (C=O) groups is 1. The molecule has 0 saturated carbocycles. The van der Waals surface area contributed by atoms with E-state index in [1.54, 1.807) is 20.4 Å². The molecular weight excluding hydrogens is 521 g/mol. The van der Waals surface area contributed by atoms with E-state index >= 15 is 0 Å². The van der Waals surface area contributed by atoms with Crippen molar-refractivity contribution in [1.82, 2.24) is 20.9 Å². The number of benzene rings is 2. The van der Waals surface area contributed by atoms with Crippen LogP contribution in [-0.2, 0) is 17.9 Å². The molecule has 2 aromatic carbocycles. The molecule has 3 rings (SSSR count). The van der Waals surface area contributed by atoms with Crippen LogP contribution in [0.4, 0.5) is 0 Å². The predicted octanol–water partition coefficient (Wildman–Crippen LogP) is 3.26. The minimum atomic E-state index is -0.137. The Morgan fingerprint density at radius 3 is 2.41 bits per heavy atom. The van der Waals surface area contributed by atoms with Gasteiger partial charge in [0.05, 0.1) is 25.9 Å². The van der Waals surface area contributed by atoms with E-state index in [0.717, 1.165) is 22.6 Å². The SMILES string of the molecule is CN=C(NCC(=O)NCc1ccc(OC)cc1)NCc1coc(-c2ccc(C)cc2)n1.I. The van der Waals surface area contributed by atoms with E-state index in [1.807, 2.05) is 55.5 Å². The fourth-order valence-corrected chi connectivity index (χ4v) is 2.78. The molecule has 0 aliphatic heterocycles. The number of aryl methyl sites for hydroxylation is 1. The highest BCUT2D eigenvalue weighted by Crippen LogP contribution is 2.19. The van der Waals surface area contributed by atoms with Crippen LogP contribution in [0, 0.1) is 6.92 Å². The smallest absolute Gasteiger partial charge is 0.239 e. The third-order valence-corrected chi connectivity index (χ3v) is 4.58. The van der Waals surface area contributed by atoms with Gasteiger partial charge >= 0.3 is 0 Å². The standard InChI is InChI=1S/C23H27N5O3.HI/c1-16-4-8-18(9-5-16)22-28-19(15-31-22)13-26-23(24-2)27-14-21(29)25-12-17-6-10-20(30-3)11-7-17;/h4-11,15H,12-14H2,1-3H3,(H,25,29)(H2,24,26,27);1H. The first kappa shape index (κ1) is 25.2. The fraction of sp³-hybridized carbons (Fsp3) is 0.261. The van der Waals surface area contributed by atoms with E-state index in [1.165, 1.54) is 5.56 Å². The molecule has 8 nitrogen and oxygen atoms in total. The normalized spacial score (nSPS) is 10.8. The summed E-state index contributed by atoms with van der Waals surface area (Å²) < 4.78 is 10.7. The lowest BCUT2D eigenvalue weighted by Gasteiger charge is -2.11. The molecule has 0 unspecified atom stereocenters. The van der Waals surface area contributed by atoms with E-state index in [9.17, 15) is 4.79 Å². The van der Waals surface area contributed by atoms with Gasteiger partial charge in [0.25, 0.3) is 0 Å². The summed E-state index contributed by atoms with van der Waals surface area (Å²) in [6.45, 7) is 3.00. The Labute approximate surface area is 204 Å². The molecule has 0 atom stereocenters. The topological polar surface area (TPSA) is 101 Å². The molecule has 0 aliphatic rings. The van der Waals surface area contributed by atoms with Gasteiger partial charge in [-0.05, 0) is 36.8 Å². The summed E-state index contributed by atoms with van der Waals surface area (Å²) in [6.07, 6.45) is 1.61. The lowest BCUT2D eigenvalue weighted by Crippen LogP contribution is -2.42. The van der Waals surface area contributed by atoms with Crippen LogP contribution in [0.2, 0.25) is 0 Å². The maximum atomic E-state index is 12.1. The summed E-state index contributed by atoms with van der Waals surface area (Å²) in [4.78, 5) is 20.7. The fourth-order valence-electron chi connectivity index (χ4n) is 2.78. The zero-order valence-electron chi connectivity index (χ0n) is 18.3. The third-order valence-electron chi connectivity index (χ3n) is 4.58. The summed E-state index contributed by atoms with van der Waals surface area (Å²) in [7, 11) is 3.26. The molecule has 3 aromatic rings. The predicted molar refractivity (Wildman–Crippen MR) is 135 cm³/mol. The molecule has 0 saturated heterocycles. The first-order valence-electron chi connectivity index (χ1n) is 9.93. The number of oxazole rings is 1. The molecule has 3 N–H and O–H groups in total. The zero-order valence-corrected chi connectivity index (χ0v) is 20.7. The van der Waals surface area contributed by atoms with Crippen molar-refractivity contribution in [2.24, 2.45) is 4.99 Å². The van der Waals surface area contributed by atoms with E-state index in [0.29, 0.717) is 24.9 Å². The number of aromatic nitrogens is 1. The molecule has 1 amide bonds. The van der Waals surface area contributed by atoms with E-state index in [4.69, 9.17) is 9.15 Å². The molecule has 0 bridgehead atoms. The second-order valence-corrected chi connectivity index (χ2v) is 6.91. The third kappa shape index (κ3) is 7.56. The zero-order chi connectivity index (χ0) is 22.1. The molecule has 170 valence electrons.